The zero-order chi connectivity index (χ0) is 14.3. The van der Waals surface area contributed by atoms with E-state index in [4.69, 9.17) is 9.29 Å². The number of ether oxygens (including phenoxy) is 1. The van der Waals surface area contributed by atoms with E-state index < -0.39 is 16.1 Å². The molecule has 0 aliphatic carbocycles. The van der Waals surface area contributed by atoms with E-state index in [1.807, 2.05) is 0 Å². The van der Waals surface area contributed by atoms with Crippen molar-refractivity contribution in [1.29, 1.82) is 0 Å². The Morgan fingerprint density at radius 2 is 2.16 bits per heavy atom. The molecule has 0 aromatic heterocycles. The molecule has 0 heterocycles. The average Bonchev–Trinajstić information content (AvgIpc) is 2.34. The number of carbonyl (C=O) groups is 1. The topological polar surface area (TPSA) is 92.7 Å². The highest BCUT2D eigenvalue weighted by atomic mass is 32.2. The monoisotopic (exact) mass is 287 g/mol. The fraction of sp³-hybridized carbons (Fsp3) is 0.417. The molecule has 1 aromatic rings. The van der Waals surface area contributed by atoms with Gasteiger partial charge >= 0.3 is 5.97 Å². The first-order valence-corrected chi connectivity index (χ1v) is 7.49. The van der Waals surface area contributed by atoms with Crippen LogP contribution in [0.15, 0.2) is 24.3 Å². The summed E-state index contributed by atoms with van der Waals surface area (Å²) in [4.78, 5) is 11.5. The molecule has 0 radical (unpaired) electrons. The van der Waals surface area contributed by atoms with Crippen LogP contribution in [0.4, 0.5) is 5.69 Å². The van der Waals surface area contributed by atoms with Crippen molar-refractivity contribution < 1.29 is 22.5 Å². The molecular formula is C12H17NO5S. The minimum absolute atomic E-state index is 0.280. The summed E-state index contributed by atoms with van der Waals surface area (Å²) in [6, 6.07) is 6.74. The van der Waals surface area contributed by atoms with Crippen LogP contribution >= 0.6 is 0 Å². The van der Waals surface area contributed by atoms with E-state index in [2.05, 4.69) is 5.32 Å². The molecule has 0 amide bonds. The zero-order valence-electron chi connectivity index (χ0n) is 10.6. The van der Waals surface area contributed by atoms with Gasteiger partial charge in [0, 0.05) is 12.2 Å². The third kappa shape index (κ3) is 6.21. The van der Waals surface area contributed by atoms with Crippen molar-refractivity contribution in [3.05, 3.63) is 29.8 Å². The smallest absolute Gasteiger partial charge is 0.338 e. The highest BCUT2D eigenvalue weighted by Crippen LogP contribution is 2.11. The van der Waals surface area contributed by atoms with Gasteiger partial charge in [-0.15, -0.1) is 0 Å². The molecule has 19 heavy (non-hydrogen) atoms. The van der Waals surface area contributed by atoms with Gasteiger partial charge in [-0.25, -0.2) is 4.79 Å². The standard InChI is InChI=1S/C12H17NO5S/c1-2-18-12(14)10-5-3-6-11(9-10)13-7-4-8-19(15,16)17/h3,5-6,9,13H,2,4,7-8H2,1H3,(H,15,16,17). The summed E-state index contributed by atoms with van der Waals surface area (Å²) in [5.41, 5.74) is 1.13. The van der Waals surface area contributed by atoms with Crippen LogP contribution in [0, 0.1) is 0 Å². The quantitative estimate of drug-likeness (QED) is 0.449. The Kier molecular flexibility index (Phi) is 5.78. The van der Waals surface area contributed by atoms with E-state index in [1.165, 1.54) is 0 Å². The van der Waals surface area contributed by atoms with Crippen molar-refractivity contribution in [2.45, 2.75) is 13.3 Å². The Bertz CT molecular complexity index is 527. The summed E-state index contributed by atoms with van der Waals surface area (Å²) in [6.45, 7) is 2.42. The van der Waals surface area contributed by atoms with Gasteiger partial charge in [0.05, 0.1) is 17.9 Å². The third-order valence-corrected chi connectivity index (χ3v) is 3.09. The number of carbonyl (C=O) groups excluding carboxylic acids is 1. The molecule has 0 aliphatic rings. The number of rotatable bonds is 7. The molecule has 1 rings (SSSR count). The van der Waals surface area contributed by atoms with E-state index >= 15 is 0 Å². The molecule has 0 saturated heterocycles. The lowest BCUT2D eigenvalue weighted by atomic mass is 10.2. The second-order valence-corrected chi connectivity index (χ2v) is 5.44. The van der Waals surface area contributed by atoms with Gasteiger partial charge in [0.25, 0.3) is 10.1 Å². The van der Waals surface area contributed by atoms with E-state index in [0.29, 0.717) is 24.4 Å². The van der Waals surface area contributed by atoms with Crippen LogP contribution in [-0.4, -0.2) is 37.8 Å². The Balaban J connectivity index is 2.51. The minimum atomic E-state index is -3.92. The van der Waals surface area contributed by atoms with E-state index in [9.17, 15) is 13.2 Å². The number of hydrogen-bond acceptors (Lipinski definition) is 5. The molecule has 0 saturated carbocycles. The third-order valence-electron chi connectivity index (χ3n) is 2.28. The van der Waals surface area contributed by atoms with Crippen LogP contribution < -0.4 is 5.32 Å². The lowest BCUT2D eigenvalue weighted by Crippen LogP contribution is -2.10. The van der Waals surface area contributed by atoms with Crippen molar-refractivity contribution >= 4 is 21.8 Å². The van der Waals surface area contributed by atoms with Crippen LogP contribution in [-0.2, 0) is 14.9 Å². The van der Waals surface area contributed by atoms with E-state index in [0.717, 1.165) is 0 Å². The maximum atomic E-state index is 11.5. The summed E-state index contributed by atoms with van der Waals surface area (Å²) in [5, 5.41) is 2.97. The van der Waals surface area contributed by atoms with Crippen molar-refractivity contribution in [3.8, 4) is 0 Å². The predicted molar refractivity (Wildman–Crippen MR) is 71.9 cm³/mol. The van der Waals surface area contributed by atoms with Crippen LogP contribution in [0.3, 0.4) is 0 Å². The van der Waals surface area contributed by atoms with Crippen molar-refractivity contribution in [2.24, 2.45) is 0 Å². The summed E-state index contributed by atoms with van der Waals surface area (Å²) >= 11 is 0. The molecule has 0 spiro atoms. The maximum absolute atomic E-state index is 11.5. The fourth-order valence-corrected chi connectivity index (χ4v) is 1.97. The first-order valence-electron chi connectivity index (χ1n) is 5.88. The Morgan fingerprint density at radius 3 is 2.79 bits per heavy atom. The van der Waals surface area contributed by atoms with E-state index in [1.54, 1.807) is 31.2 Å². The number of hydrogen-bond donors (Lipinski definition) is 2. The zero-order valence-corrected chi connectivity index (χ0v) is 11.4. The molecule has 106 valence electrons. The Hall–Kier alpha value is -1.60. The van der Waals surface area contributed by atoms with Crippen LogP contribution in [0.5, 0.6) is 0 Å². The first-order chi connectivity index (χ1) is 8.92. The van der Waals surface area contributed by atoms with Crippen molar-refractivity contribution in [2.75, 3.05) is 24.2 Å². The summed E-state index contributed by atoms with van der Waals surface area (Å²) < 4.78 is 34.5. The summed E-state index contributed by atoms with van der Waals surface area (Å²) in [5.74, 6) is -0.693. The van der Waals surface area contributed by atoms with Crippen LogP contribution in [0.2, 0.25) is 0 Å². The number of nitrogens with one attached hydrogen (secondary N) is 1. The second kappa shape index (κ2) is 7.10. The molecule has 1 aromatic carbocycles. The second-order valence-electron chi connectivity index (χ2n) is 3.87. The van der Waals surface area contributed by atoms with Crippen LogP contribution in [0.1, 0.15) is 23.7 Å². The molecule has 7 heteroatoms. The number of benzene rings is 1. The maximum Gasteiger partial charge on any atom is 0.338 e. The fourth-order valence-electron chi connectivity index (χ4n) is 1.46. The molecule has 0 atom stereocenters. The molecule has 2 N–H and O–H groups in total. The molecule has 0 aliphatic heterocycles. The SMILES string of the molecule is CCOC(=O)c1cccc(NCCCS(=O)(=O)O)c1. The molecule has 0 fully saturated rings. The molecule has 6 nitrogen and oxygen atoms in total. The van der Waals surface area contributed by atoms with Gasteiger partial charge in [-0.2, -0.15) is 8.42 Å². The molecule has 0 unspecified atom stereocenters. The number of anilines is 1. The molecule has 0 bridgehead atoms. The normalized spacial score (nSPS) is 11.1. The van der Waals surface area contributed by atoms with Crippen molar-refractivity contribution in [3.63, 3.8) is 0 Å². The van der Waals surface area contributed by atoms with Gasteiger partial charge in [-0.3, -0.25) is 4.55 Å². The summed E-state index contributed by atoms with van der Waals surface area (Å²) in [7, 11) is -3.92. The summed E-state index contributed by atoms with van der Waals surface area (Å²) in [6.07, 6.45) is 0.280. The Morgan fingerprint density at radius 1 is 1.42 bits per heavy atom. The predicted octanol–water partition coefficient (Wildman–Crippen LogP) is 1.55. The van der Waals surface area contributed by atoms with Gasteiger partial charge in [0.15, 0.2) is 0 Å². The van der Waals surface area contributed by atoms with Gasteiger partial charge in [0.2, 0.25) is 0 Å². The average molecular weight is 287 g/mol. The first kappa shape index (κ1) is 15.5. The lowest BCUT2D eigenvalue weighted by molar-refractivity contribution is 0.0526. The largest absolute Gasteiger partial charge is 0.462 e. The minimum Gasteiger partial charge on any atom is -0.462 e. The van der Waals surface area contributed by atoms with Gasteiger partial charge in [-0.1, -0.05) is 6.07 Å². The number of esters is 1. The van der Waals surface area contributed by atoms with E-state index in [-0.39, 0.29) is 12.2 Å². The van der Waals surface area contributed by atoms with Gasteiger partial charge in [-0.05, 0) is 31.5 Å². The molecular weight excluding hydrogens is 270 g/mol. The highest BCUT2D eigenvalue weighted by Gasteiger charge is 2.07. The van der Waals surface area contributed by atoms with Gasteiger partial charge in [0.1, 0.15) is 0 Å². The van der Waals surface area contributed by atoms with Gasteiger partial charge < -0.3 is 10.1 Å². The highest BCUT2D eigenvalue weighted by molar-refractivity contribution is 7.85. The lowest BCUT2D eigenvalue weighted by Gasteiger charge is -2.07. The van der Waals surface area contributed by atoms with Crippen LogP contribution in [0.25, 0.3) is 0 Å². The Labute approximate surface area is 112 Å². The van der Waals surface area contributed by atoms with Crippen molar-refractivity contribution in [1.82, 2.24) is 0 Å².